The summed E-state index contributed by atoms with van der Waals surface area (Å²) in [7, 11) is 0. The second kappa shape index (κ2) is 5.21. The van der Waals surface area contributed by atoms with Gasteiger partial charge >= 0.3 is 6.18 Å². The van der Waals surface area contributed by atoms with Gasteiger partial charge in [0, 0.05) is 6.21 Å². The Morgan fingerprint density at radius 1 is 1.07 bits per heavy atom. The molecule has 0 aliphatic rings. The molecule has 0 bridgehead atoms. The van der Waals surface area contributed by atoms with Gasteiger partial charge in [0.05, 0.1) is 5.57 Å². The van der Waals surface area contributed by atoms with Gasteiger partial charge in [0.25, 0.3) is 0 Å². The first-order chi connectivity index (χ1) is 6.45. The molecule has 0 aromatic heterocycles. The molecule has 0 aliphatic heterocycles. The summed E-state index contributed by atoms with van der Waals surface area (Å²) in [5, 5.41) is 6.82. The van der Waals surface area contributed by atoms with Gasteiger partial charge in [0.15, 0.2) is 0 Å². The predicted molar refractivity (Wildman–Crippen MR) is 51.4 cm³/mol. The lowest BCUT2D eigenvalue weighted by Crippen LogP contribution is -2.09. The van der Waals surface area contributed by atoms with E-state index in [-0.39, 0.29) is 0 Å². The normalized spacial score (nSPS) is 13.6. The zero-order valence-corrected chi connectivity index (χ0v) is 7.43. The summed E-state index contributed by atoms with van der Waals surface area (Å²) >= 11 is 0. The van der Waals surface area contributed by atoms with Crippen LogP contribution in [0.1, 0.15) is 0 Å². The van der Waals surface area contributed by atoms with Crippen molar-refractivity contribution in [3.05, 3.63) is 48.6 Å². The molecule has 0 atom stereocenters. The van der Waals surface area contributed by atoms with Crippen LogP contribution in [0, 0.1) is 5.41 Å². The zero-order chi connectivity index (χ0) is 11.2. The number of allylic oxidation sites excluding steroid dienone is 6. The number of hydrogen-bond donors (Lipinski definition) is 1. The van der Waals surface area contributed by atoms with Crippen LogP contribution in [0.2, 0.25) is 0 Å². The highest BCUT2D eigenvalue weighted by molar-refractivity contribution is 5.80. The highest BCUT2D eigenvalue weighted by atomic mass is 19.4. The fourth-order valence-corrected chi connectivity index (χ4v) is 0.639. The van der Waals surface area contributed by atoms with E-state index in [0.29, 0.717) is 5.57 Å². The quantitative estimate of drug-likeness (QED) is 0.532. The summed E-state index contributed by atoms with van der Waals surface area (Å²) in [6, 6.07) is 0. The van der Waals surface area contributed by atoms with E-state index < -0.39 is 11.7 Å². The minimum absolute atomic E-state index is 0.300. The fraction of sp³-hybridized carbons (Fsp3) is 0.100. The van der Waals surface area contributed by atoms with Gasteiger partial charge in [-0.1, -0.05) is 31.4 Å². The lowest BCUT2D eigenvalue weighted by molar-refractivity contribution is -0.0881. The van der Waals surface area contributed by atoms with Crippen LogP contribution in [0.4, 0.5) is 13.2 Å². The Kier molecular flexibility index (Phi) is 4.63. The largest absolute Gasteiger partial charge is 0.416 e. The highest BCUT2D eigenvalue weighted by Crippen LogP contribution is 2.26. The van der Waals surface area contributed by atoms with Crippen LogP contribution < -0.4 is 0 Å². The summed E-state index contributed by atoms with van der Waals surface area (Å²) in [6.07, 6.45) is 0.536. The van der Waals surface area contributed by atoms with E-state index in [1.54, 1.807) is 0 Å². The van der Waals surface area contributed by atoms with E-state index >= 15 is 0 Å². The van der Waals surface area contributed by atoms with E-state index in [0.717, 1.165) is 24.4 Å². The minimum atomic E-state index is -4.41. The standard InChI is InChI=1S/C10H10F3N/c1-3-8(7-14)5-6-9(4-2)10(11,12)13/h3-7,14H,1-2H2/b8-5+,9-6+,14-7?. The molecule has 0 radical (unpaired) electrons. The maximum Gasteiger partial charge on any atom is 0.416 e. The number of hydrogen-bond acceptors (Lipinski definition) is 1. The molecule has 0 amide bonds. The van der Waals surface area contributed by atoms with Crippen LogP contribution in [-0.4, -0.2) is 12.4 Å². The third kappa shape index (κ3) is 3.89. The molecule has 4 heteroatoms. The van der Waals surface area contributed by atoms with Crippen molar-refractivity contribution in [1.29, 1.82) is 5.41 Å². The van der Waals surface area contributed by atoms with Crippen molar-refractivity contribution in [3.63, 3.8) is 0 Å². The molecule has 0 spiro atoms. The molecule has 0 saturated heterocycles. The topological polar surface area (TPSA) is 23.9 Å². The van der Waals surface area contributed by atoms with Crippen LogP contribution in [0.25, 0.3) is 0 Å². The number of halogens is 3. The molecule has 0 unspecified atom stereocenters. The SMILES string of the molecule is C=C/C(C=N)=C\C=C(/C=C)C(F)(F)F. The van der Waals surface area contributed by atoms with E-state index in [2.05, 4.69) is 13.2 Å². The third-order valence-electron chi connectivity index (χ3n) is 1.40. The van der Waals surface area contributed by atoms with Crippen molar-refractivity contribution < 1.29 is 13.2 Å². The van der Waals surface area contributed by atoms with Crippen LogP contribution in [0.3, 0.4) is 0 Å². The highest BCUT2D eigenvalue weighted by Gasteiger charge is 2.30. The van der Waals surface area contributed by atoms with Gasteiger partial charge in [-0.2, -0.15) is 13.2 Å². The molecule has 0 heterocycles. The molecule has 0 aliphatic carbocycles. The smallest absolute Gasteiger partial charge is 0.308 e. The summed E-state index contributed by atoms with van der Waals surface area (Å²) in [6.45, 7) is 6.40. The second-order valence-corrected chi connectivity index (χ2v) is 2.34. The Morgan fingerprint density at radius 3 is 1.93 bits per heavy atom. The van der Waals surface area contributed by atoms with E-state index in [9.17, 15) is 13.2 Å². The van der Waals surface area contributed by atoms with Crippen molar-refractivity contribution in [2.45, 2.75) is 6.18 Å². The number of alkyl halides is 3. The molecular formula is C10H10F3N. The fourth-order valence-electron chi connectivity index (χ4n) is 0.639. The molecule has 0 saturated carbocycles. The van der Waals surface area contributed by atoms with Crippen LogP contribution >= 0.6 is 0 Å². The first-order valence-electron chi connectivity index (χ1n) is 3.70. The lowest BCUT2D eigenvalue weighted by Gasteiger charge is -2.05. The van der Waals surface area contributed by atoms with Crippen LogP contribution in [-0.2, 0) is 0 Å². The van der Waals surface area contributed by atoms with Gasteiger partial charge in [0.2, 0.25) is 0 Å². The summed E-state index contributed by atoms with van der Waals surface area (Å²) in [5.41, 5.74) is -0.549. The van der Waals surface area contributed by atoms with Gasteiger partial charge in [-0.15, -0.1) is 0 Å². The molecule has 14 heavy (non-hydrogen) atoms. The van der Waals surface area contributed by atoms with E-state index in [4.69, 9.17) is 5.41 Å². The molecule has 1 nitrogen and oxygen atoms in total. The molecule has 0 rings (SSSR count). The van der Waals surface area contributed by atoms with Crippen molar-refractivity contribution in [1.82, 2.24) is 0 Å². The molecule has 0 aromatic carbocycles. The first kappa shape index (κ1) is 12.4. The molecular weight excluding hydrogens is 191 g/mol. The second-order valence-electron chi connectivity index (χ2n) is 2.34. The molecule has 0 fully saturated rings. The first-order valence-corrected chi connectivity index (χ1v) is 3.70. The van der Waals surface area contributed by atoms with Gasteiger partial charge in [0.1, 0.15) is 0 Å². The van der Waals surface area contributed by atoms with Crippen molar-refractivity contribution in [2.75, 3.05) is 0 Å². The maximum absolute atomic E-state index is 12.1. The van der Waals surface area contributed by atoms with Crippen molar-refractivity contribution >= 4 is 6.21 Å². The Labute approximate surface area is 80.4 Å². The lowest BCUT2D eigenvalue weighted by atomic mass is 10.2. The Balaban J connectivity index is 4.96. The van der Waals surface area contributed by atoms with Gasteiger partial charge < -0.3 is 5.41 Å². The van der Waals surface area contributed by atoms with E-state index in [1.807, 2.05) is 0 Å². The maximum atomic E-state index is 12.1. The minimum Gasteiger partial charge on any atom is -0.308 e. The average molecular weight is 201 g/mol. The Hall–Kier alpha value is -1.58. The van der Waals surface area contributed by atoms with Gasteiger partial charge in [-0.3, -0.25) is 0 Å². The average Bonchev–Trinajstić information content (AvgIpc) is 2.10. The number of rotatable bonds is 4. The zero-order valence-electron chi connectivity index (χ0n) is 7.43. The van der Waals surface area contributed by atoms with E-state index in [1.165, 1.54) is 6.08 Å². The predicted octanol–water partition coefficient (Wildman–Crippen LogP) is 3.42. The van der Waals surface area contributed by atoms with Gasteiger partial charge in [-0.05, 0) is 11.6 Å². The van der Waals surface area contributed by atoms with Crippen LogP contribution in [0.15, 0.2) is 48.6 Å². The summed E-state index contributed by atoms with van der Waals surface area (Å²) < 4.78 is 36.4. The van der Waals surface area contributed by atoms with Crippen molar-refractivity contribution in [2.24, 2.45) is 0 Å². The Bertz CT molecular complexity index is 285. The number of nitrogens with one attached hydrogen (secondary N) is 1. The molecule has 1 N–H and O–H groups in total. The monoisotopic (exact) mass is 201 g/mol. The third-order valence-corrected chi connectivity index (χ3v) is 1.40. The van der Waals surface area contributed by atoms with Crippen molar-refractivity contribution in [3.8, 4) is 0 Å². The molecule has 0 aromatic rings. The van der Waals surface area contributed by atoms with Crippen LogP contribution in [0.5, 0.6) is 0 Å². The summed E-state index contributed by atoms with van der Waals surface area (Å²) in [4.78, 5) is 0. The molecule has 76 valence electrons. The summed E-state index contributed by atoms with van der Waals surface area (Å²) in [5.74, 6) is 0. The Morgan fingerprint density at radius 2 is 1.64 bits per heavy atom. The van der Waals surface area contributed by atoms with Gasteiger partial charge in [-0.25, -0.2) is 0 Å².